The predicted octanol–water partition coefficient (Wildman–Crippen LogP) is 4.85. The first-order valence-corrected chi connectivity index (χ1v) is 13.4. The lowest BCUT2D eigenvalue weighted by atomic mass is 9.91. The Hall–Kier alpha value is -3.03. The Morgan fingerprint density at radius 1 is 1.14 bits per heavy atom. The maximum absolute atomic E-state index is 14.1. The maximum Gasteiger partial charge on any atom is 0.273 e. The van der Waals surface area contributed by atoms with Crippen molar-refractivity contribution in [3.63, 3.8) is 0 Å². The van der Waals surface area contributed by atoms with Gasteiger partial charge in [0.1, 0.15) is 17.0 Å². The number of hydrogen-bond donors (Lipinski definition) is 2. The minimum atomic E-state index is -1.04. The Kier molecular flexibility index (Phi) is 7.91. The van der Waals surface area contributed by atoms with E-state index in [1.807, 2.05) is 29.7 Å². The first kappa shape index (κ1) is 26.0. The van der Waals surface area contributed by atoms with Crippen molar-refractivity contribution in [1.82, 2.24) is 14.8 Å². The van der Waals surface area contributed by atoms with E-state index in [4.69, 9.17) is 4.74 Å². The summed E-state index contributed by atoms with van der Waals surface area (Å²) in [6.45, 7) is 6.19. The van der Waals surface area contributed by atoms with E-state index in [0.717, 1.165) is 49.4 Å². The highest BCUT2D eigenvalue weighted by atomic mass is 16.5. The number of benzene rings is 1. The number of carbonyl (C=O) groups excluding carboxylic acids is 3. The molecule has 8 nitrogen and oxygen atoms in total. The van der Waals surface area contributed by atoms with E-state index in [2.05, 4.69) is 17.6 Å². The molecule has 8 heteroatoms. The molecule has 1 atom stereocenters. The number of carbonyl (C=O) groups is 3. The molecule has 0 bridgehead atoms. The number of nitrogens with one attached hydrogen (secondary N) is 2. The first-order chi connectivity index (χ1) is 17.3. The number of amides is 3. The van der Waals surface area contributed by atoms with Crippen LogP contribution in [-0.4, -0.2) is 52.4 Å². The smallest absolute Gasteiger partial charge is 0.273 e. The molecule has 196 valence electrons. The van der Waals surface area contributed by atoms with Crippen LogP contribution in [-0.2, 0) is 16.1 Å². The fourth-order valence-electron chi connectivity index (χ4n) is 5.70. The number of anilines is 1. The van der Waals surface area contributed by atoms with E-state index in [9.17, 15) is 14.4 Å². The summed E-state index contributed by atoms with van der Waals surface area (Å²) in [5, 5.41) is 6.94. The second-order valence-corrected chi connectivity index (χ2v) is 10.5. The van der Waals surface area contributed by atoms with Gasteiger partial charge in [-0.05, 0) is 44.4 Å². The van der Waals surface area contributed by atoms with E-state index < -0.39 is 5.54 Å². The van der Waals surface area contributed by atoms with Crippen LogP contribution in [0.4, 0.5) is 5.69 Å². The van der Waals surface area contributed by atoms with Gasteiger partial charge in [-0.3, -0.25) is 14.4 Å². The molecule has 1 aliphatic heterocycles. The molecule has 2 N–H and O–H groups in total. The van der Waals surface area contributed by atoms with Crippen LogP contribution in [0.5, 0.6) is 5.75 Å². The predicted molar refractivity (Wildman–Crippen MR) is 141 cm³/mol. The quantitative estimate of drug-likeness (QED) is 0.573. The van der Waals surface area contributed by atoms with Crippen molar-refractivity contribution in [2.24, 2.45) is 0 Å². The van der Waals surface area contributed by atoms with Gasteiger partial charge in [0.2, 0.25) is 11.8 Å². The molecule has 1 saturated carbocycles. The number of methoxy groups -OCH3 is 1. The summed E-state index contributed by atoms with van der Waals surface area (Å²) in [6, 6.07) is 5.71. The average Bonchev–Trinajstić information content (AvgIpc) is 3.12. The third-order valence-electron chi connectivity index (χ3n) is 7.75. The van der Waals surface area contributed by atoms with Crippen molar-refractivity contribution in [3.8, 4) is 5.75 Å². The third-order valence-corrected chi connectivity index (χ3v) is 7.75. The Bertz CT molecular complexity index is 1130. The SMILES string of the molecule is CCCCN1C(=O)c2c(NC(C)=O)c3cc(OC)ccc3n2CC1(C)C(=O)NC1CCCCCCC1. The Labute approximate surface area is 213 Å². The van der Waals surface area contributed by atoms with Crippen LogP contribution in [0.3, 0.4) is 0 Å². The van der Waals surface area contributed by atoms with Gasteiger partial charge in [0.05, 0.1) is 24.9 Å². The largest absolute Gasteiger partial charge is 0.497 e. The number of aromatic nitrogens is 1. The van der Waals surface area contributed by atoms with Crippen molar-refractivity contribution >= 4 is 34.3 Å². The third kappa shape index (κ3) is 4.95. The van der Waals surface area contributed by atoms with Gasteiger partial charge in [-0.2, -0.15) is 0 Å². The van der Waals surface area contributed by atoms with Gasteiger partial charge in [-0.15, -0.1) is 0 Å². The van der Waals surface area contributed by atoms with Gasteiger partial charge >= 0.3 is 0 Å². The summed E-state index contributed by atoms with van der Waals surface area (Å²) in [4.78, 5) is 41.9. The van der Waals surface area contributed by atoms with Crippen LogP contribution < -0.4 is 15.4 Å². The lowest BCUT2D eigenvalue weighted by Gasteiger charge is -2.45. The fourth-order valence-corrected chi connectivity index (χ4v) is 5.70. The van der Waals surface area contributed by atoms with Crippen molar-refractivity contribution < 1.29 is 19.1 Å². The summed E-state index contributed by atoms with van der Waals surface area (Å²) < 4.78 is 7.32. The molecule has 1 fully saturated rings. The number of fused-ring (bicyclic) bond motifs is 3. The van der Waals surface area contributed by atoms with Gasteiger partial charge in [0, 0.05) is 24.9 Å². The normalized spacial score (nSPS) is 21.0. The number of rotatable bonds is 7. The molecule has 1 aromatic carbocycles. The van der Waals surface area contributed by atoms with Crippen LogP contribution in [0, 0.1) is 0 Å². The Balaban J connectivity index is 1.78. The summed E-state index contributed by atoms with van der Waals surface area (Å²) >= 11 is 0. The van der Waals surface area contributed by atoms with Crippen LogP contribution in [0.2, 0.25) is 0 Å². The van der Waals surface area contributed by atoms with Gasteiger partial charge in [-0.25, -0.2) is 0 Å². The maximum atomic E-state index is 14.1. The van der Waals surface area contributed by atoms with E-state index in [0.29, 0.717) is 30.2 Å². The van der Waals surface area contributed by atoms with E-state index in [-0.39, 0.29) is 23.8 Å². The summed E-state index contributed by atoms with van der Waals surface area (Å²) in [5.41, 5.74) is 0.648. The average molecular weight is 497 g/mol. The molecule has 2 aromatic rings. The van der Waals surface area contributed by atoms with Gasteiger partial charge in [0.15, 0.2) is 0 Å². The van der Waals surface area contributed by atoms with Crippen LogP contribution >= 0.6 is 0 Å². The van der Waals surface area contributed by atoms with E-state index in [1.165, 1.54) is 26.2 Å². The zero-order valence-electron chi connectivity index (χ0n) is 22.1. The van der Waals surface area contributed by atoms with Gasteiger partial charge in [-0.1, -0.05) is 45.4 Å². The summed E-state index contributed by atoms with van der Waals surface area (Å²) in [6.07, 6.45) is 9.58. The number of nitrogens with zero attached hydrogens (tertiary/aromatic N) is 2. The van der Waals surface area contributed by atoms with Gasteiger partial charge in [0.25, 0.3) is 5.91 Å². The zero-order valence-corrected chi connectivity index (χ0v) is 22.1. The number of hydrogen-bond acceptors (Lipinski definition) is 4. The van der Waals surface area contributed by atoms with Crippen molar-refractivity contribution in [2.45, 2.75) is 96.7 Å². The second kappa shape index (κ2) is 10.9. The molecule has 1 aromatic heterocycles. The second-order valence-electron chi connectivity index (χ2n) is 10.5. The zero-order chi connectivity index (χ0) is 25.9. The van der Waals surface area contributed by atoms with Crippen molar-refractivity contribution in [2.75, 3.05) is 19.0 Å². The topological polar surface area (TPSA) is 92.7 Å². The first-order valence-electron chi connectivity index (χ1n) is 13.4. The van der Waals surface area contributed by atoms with Crippen LogP contribution in [0.15, 0.2) is 18.2 Å². The Morgan fingerprint density at radius 3 is 2.47 bits per heavy atom. The van der Waals surface area contributed by atoms with Crippen molar-refractivity contribution in [3.05, 3.63) is 23.9 Å². The number of ether oxygens (including phenoxy) is 1. The standard InChI is InChI=1S/C28H40N4O4/c1-5-6-16-32-26(34)25-24(29-19(2)33)22-17-21(36-4)14-15-23(22)31(25)18-28(32,3)27(35)30-20-12-10-8-7-9-11-13-20/h14-15,17,20H,5-13,16,18H2,1-4H3,(H,29,33)(H,30,35). The summed E-state index contributed by atoms with van der Waals surface area (Å²) in [5.74, 6) is 0.0528. The molecule has 0 saturated heterocycles. The highest BCUT2D eigenvalue weighted by Gasteiger charge is 2.49. The van der Waals surface area contributed by atoms with E-state index >= 15 is 0 Å². The summed E-state index contributed by atoms with van der Waals surface area (Å²) in [7, 11) is 1.59. The lowest BCUT2D eigenvalue weighted by Crippen LogP contribution is -2.65. The fraction of sp³-hybridized carbons (Fsp3) is 0.607. The molecule has 1 aliphatic carbocycles. The molecule has 2 aliphatic rings. The molecular formula is C28H40N4O4. The monoisotopic (exact) mass is 496 g/mol. The van der Waals surface area contributed by atoms with Crippen LogP contribution in [0.25, 0.3) is 10.9 Å². The lowest BCUT2D eigenvalue weighted by molar-refractivity contribution is -0.133. The van der Waals surface area contributed by atoms with Gasteiger partial charge < -0.3 is 24.8 Å². The molecule has 0 spiro atoms. The van der Waals surface area contributed by atoms with Crippen molar-refractivity contribution in [1.29, 1.82) is 0 Å². The Morgan fingerprint density at radius 2 is 1.83 bits per heavy atom. The highest BCUT2D eigenvalue weighted by Crippen LogP contribution is 2.40. The minimum Gasteiger partial charge on any atom is -0.497 e. The molecule has 4 rings (SSSR count). The highest BCUT2D eigenvalue weighted by molar-refractivity contribution is 6.14. The van der Waals surface area contributed by atoms with E-state index in [1.54, 1.807) is 12.0 Å². The molecule has 1 unspecified atom stereocenters. The number of unbranched alkanes of at least 4 members (excludes halogenated alkanes) is 1. The minimum absolute atomic E-state index is 0.0976. The molecular weight excluding hydrogens is 456 g/mol. The molecule has 36 heavy (non-hydrogen) atoms. The molecule has 3 amide bonds. The molecule has 2 heterocycles. The molecule has 0 radical (unpaired) electrons. The van der Waals surface area contributed by atoms with Crippen LogP contribution in [0.1, 0.15) is 89.0 Å².